The van der Waals surface area contributed by atoms with Gasteiger partial charge in [0, 0.05) is 19.1 Å². The molecule has 1 fully saturated rings. The lowest BCUT2D eigenvalue weighted by molar-refractivity contribution is 0.0433. The van der Waals surface area contributed by atoms with Crippen LogP contribution in [0.3, 0.4) is 0 Å². The summed E-state index contributed by atoms with van der Waals surface area (Å²) in [5, 5.41) is 21.9. The summed E-state index contributed by atoms with van der Waals surface area (Å²) in [6.45, 7) is 1.08. The number of benzene rings is 1. The fourth-order valence-electron chi connectivity index (χ4n) is 2.07. The topological polar surface area (TPSA) is 78.8 Å². The summed E-state index contributed by atoms with van der Waals surface area (Å²) in [5.74, 6) is -0.417. The van der Waals surface area contributed by atoms with E-state index in [0.717, 1.165) is 0 Å². The predicted molar refractivity (Wildman–Crippen MR) is 70.7 cm³/mol. The number of hydrogen-bond donors (Lipinski definition) is 3. The van der Waals surface area contributed by atoms with Gasteiger partial charge in [-0.2, -0.15) is 0 Å². The van der Waals surface area contributed by atoms with Crippen LogP contribution in [0.15, 0.2) is 18.2 Å². The molecule has 6 heteroatoms. The number of carbonyl (C=O) groups is 1. The monoisotopic (exact) mass is 285 g/mol. The van der Waals surface area contributed by atoms with Crippen LogP contribution in [0.25, 0.3) is 0 Å². The van der Waals surface area contributed by atoms with E-state index in [1.165, 1.54) is 18.2 Å². The average Bonchev–Trinajstić information content (AvgIpc) is 2.42. The maximum absolute atomic E-state index is 12.2. The first-order valence-corrected chi connectivity index (χ1v) is 6.58. The molecule has 1 saturated heterocycles. The molecule has 1 aromatic carbocycles. The molecule has 19 heavy (non-hydrogen) atoms. The van der Waals surface area contributed by atoms with Crippen LogP contribution in [0.5, 0.6) is 11.5 Å². The van der Waals surface area contributed by atoms with E-state index in [1.807, 2.05) is 0 Å². The quantitative estimate of drug-likeness (QED) is 0.582. The number of ether oxygens (including phenoxy) is 1. The molecule has 0 saturated carbocycles. The van der Waals surface area contributed by atoms with Crippen LogP contribution in [0.2, 0.25) is 0 Å². The number of phenolic OH excluding ortho intramolecular Hbond substituents is 2. The Morgan fingerprint density at radius 3 is 2.68 bits per heavy atom. The van der Waals surface area contributed by atoms with Crippen LogP contribution in [0, 0.1) is 0 Å². The van der Waals surface area contributed by atoms with Crippen LogP contribution in [0.4, 0.5) is 0 Å². The first kappa shape index (κ1) is 14.0. The zero-order valence-electron chi connectivity index (χ0n) is 10.4. The second-order valence-corrected chi connectivity index (χ2v) is 4.95. The maximum atomic E-state index is 12.2. The highest BCUT2D eigenvalue weighted by atomic mass is 35.5. The molecule has 1 aromatic rings. The summed E-state index contributed by atoms with van der Waals surface area (Å²) in [6.07, 6.45) is 1.25. The Bertz CT molecular complexity index is 472. The minimum atomic E-state index is -0.519. The molecule has 0 bridgehead atoms. The van der Waals surface area contributed by atoms with Crippen LogP contribution in [0.1, 0.15) is 23.2 Å². The largest absolute Gasteiger partial charge is 0.508 e. The van der Waals surface area contributed by atoms with Gasteiger partial charge in [0.15, 0.2) is 0 Å². The van der Waals surface area contributed by atoms with Crippen molar-refractivity contribution in [1.29, 1.82) is 0 Å². The standard InChI is InChI=1S/C13H16ClNO4/c14-8-13(3-5-19-6-4-13)15-12(18)10-7-9(16)1-2-11(10)17/h1-2,7,16-17H,3-6,8H2,(H,15,18). The number of carbonyl (C=O) groups excluding carboxylic acids is 1. The lowest BCUT2D eigenvalue weighted by atomic mass is 9.91. The number of amides is 1. The van der Waals surface area contributed by atoms with E-state index in [-0.39, 0.29) is 22.9 Å². The second kappa shape index (κ2) is 5.67. The Kier molecular flexibility index (Phi) is 4.17. The minimum absolute atomic E-state index is 0.0379. The molecule has 2 rings (SSSR count). The predicted octanol–water partition coefficient (Wildman–Crippen LogP) is 1.62. The second-order valence-electron chi connectivity index (χ2n) is 4.68. The fourth-order valence-corrected chi connectivity index (χ4v) is 2.40. The zero-order chi connectivity index (χ0) is 13.9. The van der Waals surface area contributed by atoms with E-state index in [4.69, 9.17) is 16.3 Å². The van der Waals surface area contributed by atoms with Crippen molar-refractivity contribution in [3.05, 3.63) is 23.8 Å². The molecular weight excluding hydrogens is 270 g/mol. The van der Waals surface area contributed by atoms with E-state index >= 15 is 0 Å². The molecule has 104 valence electrons. The van der Waals surface area contributed by atoms with Gasteiger partial charge in [0.1, 0.15) is 11.5 Å². The molecule has 0 atom stereocenters. The Morgan fingerprint density at radius 1 is 1.37 bits per heavy atom. The van der Waals surface area contributed by atoms with Crippen molar-refractivity contribution in [3.8, 4) is 11.5 Å². The first-order valence-electron chi connectivity index (χ1n) is 6.04. The van der Waals surface area contributed by atoms with Crippen LogP contribution < -0.4 is 5.32 Å². The Hall–Kier alpha value is -1.46. The fraction of sp³-hybridized carbons (Fsp3) is 0.462. The number of alkyl halides is 1. The molecule has 0 spiro atoms. The molecule has 0 aliphatic carbocycles. The van der Waals surface area contributed by atoms with E-state index in [1.54, 1.807) is 0 Å². The molecule has 0 aromatic heterocycles. The van der Waals surface area contributed by atoms with Gasteiger partial charge in [-0.3, -0.25) is 4.79 Å². The van der Waals surface area contributed by atoms with E-state index in [2.05, 4.69) is 5.32 Å². The summed E-state index contributed by atoms with van der Waals surface area (Å²) in [5.41, 5.74) is -0.481. The smallest absolute Gasteiger partial charge is 0.255 e. The lowest BCUT2D eigenvalue weighted by Gasteiger charge is -2.36. The number of phenols is 2. The Labute approximate surface area is 116 Å². The third kappa shape index (κ3) is 3.11. The zero-order valence-corrected chi connectivity index (χ0v) is 11.1. The third-order valence-electron chi connectivity index (χ3n) is 3.31. The lowest BCUT2D eigenvalue weighted by Crippen LogP contribution is -2.53. The SMILES string of the molecule is O=C(NC1(CCl)CCOCC1)c1cc(O)ccc1O. The number of aromatic hydroxyl groups is 2. The minimum Gasteiger partial charge on any atom is -0.508 e. The summed E-state index contributed by atoms with van der Waals surface area (Å²) < 4.78 is 5.26. The summed E-state index contributed by atoms with van der Waals surface area (Å²) in [7, 11) is 0. The van der Waals surface area contributed by atoms with Crippen molar-refractivity contribution in [2.24, 2.45) is 0 Å². The molecule has 1 amide bonds. The van der Waals surface area contributed by atoms with Crippen molar-refractivity contribution >= 4 is 17.5 Å². The van der Waals surface area contributed by atoms with Gasteiger partial charge >= 0.3 is 0 Å². The average molecular weight is 286 g/mol. The summed E-state index contributed by atoms with van der Waals surface area (Å²) in [4.78, 5) is 12.2. The highest BCUT2D eigenvalue weighted by molar-refractivity contribution is 6.19. The van der Waals surface area contributed by atoms with Gasteiger partial charge in [-0.25, -0.2) is 0 Å². The third-order valence-corrected chi connectivity index (χ3v) is 3.82. The highest BCUT2D eigenvalue weighted by Gasteiger charge is 2.34. The Balaban J connectivity index is 2.17. The van der Waals surface area contributed by atoms with Gasteiger partial charge < -0.3 is 20.3 Å². The number of nitrogens with one attached hydrogen (secondary N) is 1. The van der Waals surface area contributed by atoms with Crippen molar-refractivity contribution in [3.63, 3.8) is 0 Å². The van der Waals surface area contributed by atoms with E-state index < -0.39 is 11.4 Å². The Morgan fingerprint density at radius 2 is 2.05 bits per heavy atom. The maximum Gasteiger partial charge on any atom is 0.255 e. The number of hydrogen-bond acceptors (Lipinski definition) is 4. The molecular formula is C13H16ClNO4. The molecule has 3 N–H and O–H groups in total. The van der Waals surface area contributed by atoms with E-state index in [9.17, 15) is 15.0 Å². The number of rotatable bonds is 3. The molecule has 5 nitrogen and oxygen atoms in total. The van der Waals surface area contributed by atoms with Gasteiger partial charge in [0.2, 0.25) is 0 Å². The molecule has 1 aliphatic heterocycles. The van der Waals surface area contributed by atoms with Crippen LogP contribution in [-0.4, -0.2) is 40.8 Å². The molecule has 0 radical (unpaired) electrons. The highest BCUT2D eigenvalue weighted by Crippen LogP contribution is 2.26. The van der Waals surface area contributed by atoms with Crippen molar-refractivity contribution in [2.75, 3.05) is 19.1 Å². The van der Waals surface area contributed by atoms with Crippen molar-refractivity contribution < 1.29 is 19.7 Å². The van der Waals surface area contributed by atoms with Crippen molar-refractivity contribution in [1.82, 2.24) is 5.32 Å². The summed E-state index contributed by atoms with van der Waals surface area (Å²) >= 11 is 5.96. The van der Waals surface area contributed by atoms with E-state index in [0.29, 0.717) is 26.1 Å². The molecule has 1 heterocycles. The number of halogens is 1. The van der Waals surface area contributed by atoms with Gasteiger partial charge in [-0.05, 0) is 31.0 Å². The molecule has 0 unspecified atom stereocenters. The van der Waals surface area contributed by atoms with Gasteiger partial charge in [-0.15, -0.1) is 11.6 Å². The van der Waals surface area contributed by atoms with Crippen molar-refractivity contribution in [2.45, 2.75) is 18.4 Å². The van der Waals surface area contributed by atoms with Gasteiger partial charge in [0.05, 0.1) is 11.1 Å². The summed E-state index contributed by atoms with van der Waals surface area (Å²) in [6, 6.07) is 3.82. The van der Waals surface area contributed by atoms with Crippen LogP contribution >= 0.6 is 11.6 Å². The molecule has 1 aliphatic rings. The van der Waals surface area contributed by atoms with Gasteiger partial charge in [0.25, 0.3) is 5.91 Å². The normalized spacial score (nSPS) is 17.9. The first-order chi connectivity index (χ1) is 9.06. The van der Waals surface area contributed by atoms with Gasteiger partial charge in [-0.1, -0.05) is 0 Å². The van der Waals surface area contributed by atoms with Crippen LogP contribution in [-0.2, 0) is 4.74 Å².